The quantitative estimate of drug-likeness (QED) is 0.665. The average molecular weight is 200 g/mol. The van der Waals surface area contributed by atoms with Crippen LogP contribution in [0.3, 0.4) is 0 Å². The maximum atomic E-state index is 11.3. The van der Waals surface area contributed by atoms with Crippen molar-refractivity contribution in [2.24, 2.45) is 0 Å². The monoisotopic (exact) mass is 200 g/mol. The summed E-state index contributed by atoms with van der Waals surface area (Å²) in [6.07, 6.45) is -6.18. The standard InChI is InChI=1S/C5H7F3O.C2H4O2/c1-2-3-4(9)5(6,7)8;1-2(3)4/h2,4,9H,1,3H2;1H3,(H,3,4). The van der Waals surface area contributed by atoms with Crippen LogP contribution in [0.5, 0.6) is 0 Å². The van der Waals surface area contributed by atoms with Crippen molar-refractivity contribution in [3.8, 4) is 0 Å². The third-order valence-corrected chi connectivity index (χ3v) is 0.768. The molecule has 0 aromatic carbocycles. The van der Waals surface area contributed by atoms with Gasteiger partial charge in [-0.3, -0.25) is 4.79 Å². The van der Waals surface area contributed by atoms with Gasteiger partial charge in [0.2, 0.25) is 0 Å². The zero-order valence-electron chi connectivity index (χ0n) is 7.01. The van der Waals surface area contributed by atoms with E-state index in [1.54, 1.807) is 0 Å². The van der Waals surface area contributed by atoms with E-state index in [-0.39, 0.29) is 0 Å². The smallest absolute Gasteiger partial charge is 0.414 e. The van der Waals surface area contributed by atoms with Crippen molar-refractivity contribution in [2.75, 3.05) is 0 Å². The van der Waals surface area contributed by atoms with Gasteiger partial charge in [0.05, 0.1) is 0 Å². The summed E-state index contributed by atoms with van der Waals surface area (Å²) in [6, 6.07) is 0. The van der Waals surface area contributed by atoms with Gasteiger partial charge in [0.25, 0.3) is 5.97 Å². The molecule has 6 heteroatoms. The van der Waals surface area contributed by atoms with E-state index in [1.807, 2.05) is 0 Å². The average Bonchev–Trinajstić information content (AvgIpc) is 1.84. The van der Waals surface area contributed by atoms with E-state index in [4.69, 9.17) is 15.0 Å². The number of halogens is 3. The van der Waals surface area contributed by atoms with Crippen LogP contribution < -0.4 is 0 Å². The highest BCUT2D eigenvalue weighted by atomic mass is 19.4. The van der Waals surface area contributed by atoms with Crippen LogP contribution in [0.1, 0.15) is 13.3 Å². The molecule has 0 heterocycles. The van der Waals surface area contributed by atoms with E-state index in [0.717, 1.165) is 13.0 Å². The van der Waals surface area contributed by atoms with Gasteiger partial charge in [-0.25, -0.2) is 0 Å². The highest BCUT2D eigenvalue weighted by Crippen LogP contribution is 2.21. The van der Waals surface area contributed by atoms with Crippen molar-refractivity contribution in [1.29, 1.82) is 0 Å². The van der Waals surface area contributed by atoms with E-state index in [0.29, 0.717) is 0 Å². The largest absolute Gasteiger partial charge is 0.481 e. The fourth-order valence-electron chi connectivity index (χ4n) is 0.291. The number of carboxylic acid groups (broad SMARTS) is 1. The lowest BCUT2D eigenvalue weighted by atomic mass is 10.2. The first-order chi connectivity index (χ1) is 5.71. The number of rotatable bonds is 2. The van der Waals surface area contributed by atoms with Crippen molar-refractivity contribution in [3.05, 3.63) is 12.7 Å². The molecule has 1 unspecified atom stereocenters. The van der Waals surface area contributed by atoms with Crippen molar-refractivity contribution >= 4 is 5.97 Å². The third kappa shape index (κ3) is 13.9. The number of hydrogen-bond donors (Lipinski definition) is 2. The minimum absolute atomic E-state index is 0.441. The van der Waals surface area contributed by atoms with E-state index in [1.165, 1.54) is 0 Å². The second-order valence-corrected chi connectivity index (χ2v) is 2.10. The molecule has 2 N–H and O–H groups in total. The van der Waals surface area contributed by atoms with Crippen LogP contribution in [0.4, 0.5) is 13.2 Å². The zero-order chi connectivity index (χ0) is 11.1. The Bertz CT molecular complexity index is 161. The number of aliphatic carboxylic acids is 1. The van der Waals surface area contributed by atoms with E-state index in [9.17, 15) is 13.2 Å². The molecule has 0 aromatic rings. The Morgan fingerprint density at radius 1 is 1.62 bits per heavy atom. The summed E-state index contributed by atoms with van der Waals surface area (Å²) < 4.78 is 34.0. The Balaban J connectivity index is 0. The van der Waals surface area contributed by atoms with Crippen molar-refractivity contribution < 1.29 is 28.2 Å². The van der Waals surface area contributed by atoms with Crippen molar-refractivity contribution in [1.82, 2.24) is 0 Å². The lowest BCUT2D eigenvalue weighted by Crippen LogP contribution is -2.27. The first-order valence-corrected chi connectivity index (χ1v) is 3.27. The van der Waals surface area contributed by atoms with Gasteiger partial charge in [0.15, 0.2) is 6.10 Å². The SMILES string of the molecule is C=CCC(O)C(F)(F)F.CC(=O)O. The van der Waals surface area contributed by atoms with E-state index >= 15 is 0 Å². The normalized spacial score (nSPS) is 12.4. The molecule has 78 valence electrons. The predicted octanol–water partition coefficient (Wildman–Crippen LogP) is 1.58. The summed E-state index contributed by atoms with van der Waals surface area (Å²) >= 11 is 0. The summed E-state index contributed by atoms with van der Waals surface area (Å²) in [5.41, 5.74) is 0. The minimum atomic E-state index is -4.51. The van der Waals surface area contributed by atoms with Crippen LogP contribution in [-0.2, 0) is 4.79 Å². The maximum Gasteiger partial charge on any atom is 0.414 e. The van der Waals surface area contributed by atoms with Crippen LogP contribution in [-0.4, -0.2) is 28.5 Å². The molecule has 0 aromatic heterocycles. The van der Waals surface area contributed by atoms with E-state index < -0.39 is 24.7 Å². The summed E-state index contributed by atoms with van der Waals surface area (Å²) in [6.45, 7) is 4.14. The number of hydrogen-bond acceptors (Lipinski definition) is 2. The van der Waals surface area contributed by atoms with Crippen molar-refractivity contribution in [2.45, 2.75) is 25.6 Å². The molecule has 3 nitrogen and oxygen atoms in total. The predicted molar refractivity (Wildman–Crippen MR) is 40.2 cm³/mol. The molecule has 0 saturated heterocycles. The zero-order valence-corrected chi connectivity index (χ0v) is 7.01. The first kappa shape index (κ1) is 14.5. The summed E-state index contributed by atoms with van der Waals surface area (Å²) in [7, 11) is 0. The molecular formula is C7H11F3O3. The highest BCUT2D eigenvalue weighted by Gasteiger charge is 2.36. The Kier molecular flexibility index (Phi) is 7.21. The molecule has 0 radical (unpaired) electrons. The second-order valence-electron chi connectivity index (χ2n) is 2.10. The maximum absolute atomic E-state index is 11.3. The van der Waals surface area contributed by atoms with Crippen molar-refractivity contribution in [3.63, 3.8) is 0 Å². The molecule has 0 aliphatic rings. The van der Waals surface area contributed by atoms with Gasteiger partial charge < -0.3 is 10.2 Å². The number of aliphatic hydroxyl groups is 1. The third-order valence-electron chi connectivity index (χ3n) is 0.768. The summed E-state index contributed by atoms with van der Waals surface area (Å²) in [4.78, 5) is 9.00. The fraction of sp³-hybridized carbons (Fsp3) is 0.571. The molecule has 0 aliphatic carbocycles. The van der Waals surface area contributed by atoms with Crippen LogP contribution in [0.2, 0.25) is 0 Å². The molecule has 0 fully saturated rings. The van der Waals surface area contributed by atoms with Gasteiger partial charge in [-0.2, -0.15) is 13.2 Å². The molecule has 0 rings (SSSR count). The molecule has 13 heavy (non-hydrogen) atoms. The van der Waals surface area contributed by atoms with Crippen LogP contribution in [0.25, 0.3) is 0 Å². The highest BCUT2D eigenvalue weighted by molar-refractivity contribution is 5.62. The number of aliphatic hydroxyl groups excluding tert-OH is 1. The Hall–Kier alpha value is -1.04. The molecule has 0 amide bonds. The van der Waals surface area contributed by atoms with Gasteiger partial charge in [-0.1, -0.05) is 6.08 Å². The molecule has 1 atom stereocenters. The molecular weight excluding hydrogens is 189 g/mol. The Morgan fingerprint density at radius 2 is 1.92 bits per heavy atom. The fourth-order valence-corrected chi connectivity index (χ4v) is 0.291. The molecule has 0 bridgehead atoms. The van der Waals surface area contributed by atoms with Gasteiger partial charge >= 0.3 is 6.18 Å². The van der Waals surface area contributed by atoms with Crippen LogP contribution in [0.15, 0.2) is 12.7 Å². The van der Waals surface area contributed by atoms with Crippen LogP contribution in [0, 0.1) is 0 Å². The minimum Gasteiger partial charge on any atom is -0.481 e. The molecule has 0 aliphatic heterocycles. The summed E-state index contributed by atoms with van der Waals surface area (Å²) in [5.74, 6) is -0.833. The van der Waals surface area contributed by atoms with E-state index in [2.05, 4.69) is 6.58 Å². The van der Waals surface area contributed by atoms with Gasteiger partial charge in [-0.15, -0.1) is 6.58 Å². The second kappa shape index (κ2) is 6.47. The number of carbonyl (C=O) groups is 1. The Labute approximate surface area is 73.5 Å². The first-order valence-electron chi connectivity index (χ1n) is 3.27. The topological polar surface area (TPSA) is 57.5 Å². The lowest BCUT2D eigenvalue weighted by molar-refractivity contribution is -0.202. The van der Waals surface area contributed by atoms with Crippen LogP contribution >= 0.6 is 0 Å². The van der Waals surface area contributed by atoms with Gasteiger partial charge in [0.1, 0.15) is 0 Å². The van der Waals surface area contributed by atoms with Gasteiger partial charge in [0, 0.05) is 6.92 Å². The number of carboxylic acids is 1. The molecule has 0 spiro atoms. The summed E-state index contributed by atoms with van der Waals surface area (Å²) in [5, 5.41) is 15.6. The molecule has 0 saturated carbocycles. The lowest BCUT2D eigenvalue weighted by Gasteiger charge is -2.10. The number of alkyl halides is 3. The Morgan fingerprint density at radius 3 is 2.00 bits per heavy atom. The van der Waals surface area contributed by atoms with Gasteiger partial charge in [-0.05, 0) is 6.42 Å².